The average molecular weight is 532 g/mol. The largest absolute Gasteiger partial charge is 0.425 e. The molecule has 1 unspecified atom stereocenters. The number of thiophene rings is 1. The van der Waals surface area contributed by atoms with Crippen LogP contribution in [0.4, 0.5) is 18.2 Å². The number of ether oxygens (including phenoxy) is 1. The van der Waals surface area contributed by atoms with Gasteiger partial charge in [0.25, 0.3) is 0 Å². The maximum Gasteiger partial charge on any atom is 0.425 e. The quantitative estimate of drug-likeness (QED) is 0.653. The number of alkyl halides is 3. The molecule has 5 nitrogen and oxygen atoms in total. The van der Waals surface area contributed by atoms with E-state index in [-0.39, 0.29) is 30.9 Å². The molecule has 0 aromatic carbocycles. The van der Waals surface area contributed by atoms with E-state index in [4.69, 9.17) is 16.3 Å². The molecule has 1 atom stereocenters. The maximum atomic E-state index is 13.4. The first-order valence-corrected chi connectivity index (χ1v) is 10.8. The van der Waals surface area contributed by atoms with E-state index in [0.717, 1.165) is 18.2 Å². The molecule has 0 amide bonds. The van der Waals surface area contributed by atoms with Crippen LogP contribution in [0.2, 0.25) is 5.02 Å². The van der Waals surface area contributed by atoms with Crippen molar-refractivity contribution in [3.05, 3.63) is 44.4 Å². The van der Waals surface area contributed by atoms with Crippen molar-refractivity contribution in [2.75, 3.05) is 45.7 Å². The van der Waals surface area contributed by atoms with Gasteiger partial charge in [-0.2, -0.15) is 13.2 Å². The summed E-state index contributed by atoms with van der Waals surface area (Å²) in [5.74, 6) is 0. The molecule has 0 saturated carbocycles. The fourth-order valence-corrected chi connectivity index (χ4v) is 4.94. The molecule has 0 aliphatic carbocycles. The number of fused-ring (bicyclic) bond motifs is 2. The highest BCUT2D eigenvalue weighted by Crippen LogP contribution is 2.42. The number of hydrogen-bond acceptors (Lipinski definition) is 6. The number of anilines is 1. The SMILES string of the molecule is COCCC1CN(C2=c3ncc(Cl)cc3=CNc3sc(C(F)(F)F)cc32)CCN1C.Cl.Cl. The molecule has 2 aromatic rings. The van der Waals surface area contributed by atoms with E-state index < -0.39 is 11.1 Å². The molecular weight excluding hydrogens is 508 g/mol. The van der Waals surface area contributed by atoms with Gasteiger partial charge >= 0.3 is 6.18 Å². The van der Waals surface area contributed by atoms with Crippen molar-refractivity contribution in [3.8, 4) is 0 Å². The molecule has 0 spiro atoms. The van der Waals surface area contributed by atoms with Crippen LogP contribution in [-0.4, -0.2) is 61.2 Å². The molecule has 178 valence electrons. The number of aromatic nitrogens is 1. The normalized spacial score (nSPS) is 18.4. The van der Waals surface area contributed by atoms with Gasteiger partial charge in [0.1, 0.15) is 9.88 Å². The third-order valence-corrected chi connectivity index (χ3v) is 6.80. The minimum atomic E-state index is -4.40. The number of piperazine rings is 1. The molecule has 1 saturated heterocycles. The second kappa shape index (κ2) is 10.8. The first-order chi connectivity index (χ1) is 14.3. The Hall–Kier alpha value is -1.23. The summed E-state index contributed by atoms with van der Waals surface area (Å²) in [7, 11) is 3.73. The predicted octanol–water partition coefficient (Wildman–Crippen LogP) is 3.63. The monoisotopic (exact) mass is 530 g/mol. The lowest BCUT2D eigenvalue weighted by Crippen LogP contribution is -2.52. The summed E-state index contributed by atoms with van der Waals surface area (Å²) in [6.07, 6.45) is -0.348. The number of halogens is 6. The van der Waals surface area contributed by atoms with Crippen LogP contribution in [0, 0.1) is 0 Å². The van der Waals surface area contributed by atoms with E-state index in [2.05, 4.69) is 27.1 Å². The van der Waals surface area contributed by atoms with E-state index in [1.165, 1.54) is 12.3 Å². The molecule has 4 heterocycles. The van der Waals surface area contributed by atoms with Crippen LogP contribution in [0.15, 0.2) is 18.3 Å². The van der Waals surface area contributed by atoms with Crippen LogP contribution in [0.25, 0.3) is 11.9 Å². The van der Waals surface area contributed by atoms with E-state index in [0.29, 0.717) is 57.7 Å². The molecule has 0 radical (unpaired) electrons. The summed E-state index contributed by atoms with van der Waals surface area (Å²) in [6.45, 7) is 2.79. The van der Waals surface area contributed by atoms with Gasteiger partial charge < -0.3 is 15.0 Å². The number of nitrogens with one attached hydrogen (secondary N) is 1. The summed E-state index contributed by atoms with van der Waals surface area (Å²) < 4.78 is 45.6. The highest BCUT2D eigenvalue weighted by molar-refractivity contribution is 7.16. The fourth-order valence-electron chi connectivity index (χ4n) is 3.88. The topological polar surface area (TPSA) is 40.6 Å². The zero-order chi connectivity index (χ0) is 21.5. The van der Waals surface area contributed by atoms with Crippen LogP contribution in [-0.2, 0) is 10.9 Å². The number of nitrogens with zero attached hydrogens (tertiary/aromatic N) is 3. The Morgan fingerprint density at radius 3 is 2.72 bits per heavy atom. The molecule has 1 fully saturated rings. The maximum absolute atomic E-state index is 13.4. The number of hydrogen-bond donors (Lipinski definition) is 1. The predicted molar refractivity (Wildman–Crippen MR) is 127 cm³/mol. The second-order valence-corrected chi connectivity index (χ2v) is 8.93. The third-order valence-electron chi connectivity index (χ3n) is 5.48. The first kappa shape index (κ1) is 27.0. The minimum absolute atomic E-state index is 0. The lowest BCUT2D eigenvalue weighted by molar-refractivity contribution is -0.134. The Morgan fingerprint density at radius 1 is 1.28 bits per heavy atom. The molecule has 1 N–H and O–H groups in total. The zero-order valence-electron chi connectivity index (χ0n) is 17.4. The number of likely N-dealkylation sites (N-methyl/N-ethyl adjacent to an activating group) is 1. The van der Waals surface area contributed by atoms with Gasteiger partial charge in [-0.15, -0.1) is 36.2 Å². The number of pyridine rings is 1. The van der Waals surface area contributed by atoms with E-state index >= 15 is 0 Å². The Balaban J connectivity index is 0.00000181. The van der Waals surface area contributed by atoms with Gasteiger partial charge in [0.2, 0.25) is 0 Å². The highest BCUT2D eigenvalue weighted by Gasteiger charge is 2.36. The first-order valence-electron chi connectivity index (χ1n) is 9.56. The highest BCUT2D eigenvalue weighted by atomic mass is 35.5. The Morgan fingerprint density at radius 2 is 2.03 bits per heavy atom. The van der Waals surface area contributed by atoms with Gasteiger partial charge in [0.15, 0.2) is 0 Å². The molecular formula is C20H24Cl3F3N4OS. The van der Waals surface area contributed by atoms with Crippen LogP contribution >= 0.6 is 47.8 Å². The zero-order valence-corrected chi connectivity index (χ0v) is 20.6. The molecule has 2 aromatic heterocycles. The summed E-state index contributed by atoms with van der Waals surface area (Å²) in [5, 5.41) is 5.36. The molecule has 12 heteroatoms. The van der Waals surface area contributed by atoms with Crippen molar-refractivity contribution in [2.24, 2.45) is 0 Å². The lowest BCUT2D eigenvalue weighted by atomic mass is 10.1. The van der Waals surface area contributed by atoms with E-state index in [1.54, 1.807) is 19.4 Å². The van der Waals surface area contributed by atoms with Crippen LogP contribution in [0.5, 0.6) is 0 Å². The van der Waals surface area contributed by atoms with Crippen LogP contribution in [0.1, 0.15) is 16.9 Å². The Labute approximate surface area is 205 Å². The van der Waals surface area contributed by atoms with Crippen LogP contribution in [0.3, 0.4) is 0 Å². The van der Waals surface area contributed by atoms with E-state index in [1.807, 2.05) is 0 Å². The number of methoxy groups -OCH3 is 1. The molecule has 0 bridgehead atoms. The van der Waals surface area contributed by atoms with Crippen molar-refractivity contribution in [3.63, 3.8) is 0 Å². The van der Waals surface area contributed by atoms with Crippen molar-refractivity contribution in [1.29, 1.82) is 0 Å². The third kappa shape index (κ3) is 5.46. The fraction of sp³-hybridized carbons (Fsp3) is 0.450. The van der Waals surface area contributed by atoms with Crippen molar-refractivity contribution in [2.45, 2.75) is 18.6 Å². The average Bonchev–Trinajstić information content (AvgIpc) is 3.06. The minimum Gasteiger partial charge on any atom is -0.385 e. The van der Waals surface area contributed by atoms with Crippen molar-refractivity contribution >= 4 is 64.6 Å². The standard InChI is InChI=1S/C20H22ClF3N4OS.2ClH/c1-27-4-5-28(11-14(27)3-6-29-2)18-15-8-16(20(22,23)24)30-19(15)26-9-12-7-13(21)10-25-17(12)18;;/h7-10,14,26H,3-6,11H2,1-2H3;2*1H. The van der Waals surface area contributed by atoms with Crippen LogP contribution < -0.4 is 15.9 Å². The van der Waals surface area contributed by atoms with E-state index in [9.17, 15) is 13.2 Å². The summed E-state index contributed by atoms with van der Waals surface area (Å²) in [5.41, 5.74) is 1.23. The molecule has 4 rings (SSSR count). The van der Waals surface area contributed by atoms with Gasteiger partial charge in [-0.25, -0.2) is 0 Å². The smallest absolute Gasteiger partial charge is 0.385 e. The van der Waals surface area contributed by atoms with Gasteiger partial charge in [-0.3, -0.25) is 9.88 Å². The number of rotatable bonds is 4. The summed E-state index contributed by atoms with van der Waals surface area (Å²) in [4.78, 5) is 8.30. The Bertz CT molecular complexity index is 1060. The van der Waals surface area contributed by atoms with Gasteiger partial charge in [-0.05, 0) is 25.6 Å². The second-order valence-electron chi connectivity index (χ2n) is 7.44. The summed E-state index contributed by atoms with van der Waals surface area (Å²) >= 11 is 6.84. The molecule has 2 aliphatic rings. The molecule has 32 heavy (non-hydrogen) atoms. The molecule has 2 aliphatic heterocycles. The van der Waals surface area contributed by atoms with Gasteiger partial charge in [0.05, 0.1) is 16.1 Å². The van der Waals surface area contributed by atoms with Gasteiger partial charge in [-0.1, -0.05) is 11.6 Å². The summed E-state index contributed by atoms with van der Waals surface area (Å²) in [6, 6.07) is 3.23. The van der Waals surface area contributed by atoms with Crippen molar-refractivity contribution < 1.29 is 17.9 Å². The lowest BCUT2D eigenvalue weighted by Gasteiger charge is -2.41. The Kier molecular flexibility index (Phi) is 9.12. The van der Waals surface area contributed by atoms with Gasteiger partial charge in [0, 0.05) is 62.6 Å². The van der Waals surface area contributed by atoms with Crippen molar-refractivity contribution in [1.82, 2.24) is 14.8 Å².